The molecule has 170 valence electrons. The lowest BCUT2D eigenvalue weighted by Gasteiger charge is -2.34. The number of piperidine rings is 1. The van der Waals surface area contributed by atoms with E-state index in [0.717, 1.165) is 73.6 Å². The number of nitrogens with one attached hydrogen (secondary N) is 3. The van der Waals surface area contributed by atoms with Gasteiger partial charge in [-0.2, -0.15) is 0 Å². The minimum atomic E-state index is 0.169. The van der Waals surface area contributed by atoms with Crippen LogP contribution < -0.4 is 10.6 Å². The molecule has 31 heavy (non-hydrogen) atoms. The second-order valence-electron chi connectivity index (χ2n) is 8.27. The summed E-state index contributed by atoms with van der Waals surface area (Å²) in [5.41, 5.74) is 2.33. The molecule has 0 aliphatic carbocycles. The summed E-state index contributed by atoms with van der Waals surface area (Å²) >= 11 is 6.16. The molecule has 2 aromatic rings. The second kappa shape index (κ2) is 11.4. The smallest absolute Gasteiger partial charge is 0.225 e. The van der Waals surface area contributed by atoms with Gasteiger partial charge in [0.15, 0.2) is 5.96 Å². The molecule has 7 heteroatoms. The van der Waals surface area contributed by atoms with Crippen LogP contribution in [0.1, 0.15) is 52.0 Å². The third kappa shape index (κ3) is 6.16. The van der Waals surface area contributed by atoms with Crippen molar-refractivity contribution in [1.29, 1.82) is 0 Å². The molecular weight excluding hydrogens is 410 g/mol. The number of nitrogens with zero attached hydrogens (tertiary/aromatic N) is 2. The first kappa shape index (κ1) is 23.5. The predicted molar refractivity (Wildman–Crippen MR) is 130 cm³/mol. The summed E-state index contributed by atoms with van der Waals surface area (Å²) in [6.45, 7) is 9.44. The molecule has 1 amide bonds. The van der Waals surface area contributed by atoms with Gasteiger partial charge in [0.05, 0.1) is 0 Å². The van der Waals surface area contributed by atoms with Gasteiger partial charge in [-0.15, -0.1) is 0 Å². The fourth-order valence-corrected chi connectivity index (χ4v) is 4.47. The van der Waals surface area contributed by atoms with Crippen LogP contribution in [-0.2, 0) is 11.2 Å². The molecular formula is C24H36ClN5O. The maximum absolute atomic E-state index is 12.6. The van der Waals surface area contributed by atoms with Crippen LogP contribution in [0.3, 0.4) is 0 Å². The van der Waals surface area contributed by atoms with Gasteiger partial charge >= 0.3 is 0 Å². The maximum Gasteiger partial charge on any atom is 0.225 e. The Morgan fingerprint density at radius 2 is 2.00 bits per heavy atom. The third-order valence-corrected chi connectivity index (χ3v) is 6.44. The minimum absolute atomic E-state index is 0.169. The Morgan fingerprint density at radius 1 is 1.26 bits per heavy atom. The number of hydrogen-bond acceptors (Lipinski definition) is 2. The highest BCUT2D eigenvalue weighted by molar-refractivity contribution is 6.31. The van der Waals surface area contributed by atoms with E-state index in [4.69, 9.17) is 16.6 Å². The zero-order valence-electron chi connectivity index (χ0n) is 19.0. The van der Waals surface area contributed by atoms with E-state index in [2.05, 4.69) is 36.4 Å². The summed E-state index contributed by atoms with van der Waals surface area (Å²) in [6.07, 6.45) is 6.65. The Hall–Kier alpha value is -2.21. The Morgan fingerprint density at radius 3 is 2.68 bits per heavy atom. The molecule has 1 aromatic carbocycles. The Kier molecular flexibility index (Phi) is 8.64. The summed E-state index contributed by atoms with van der Waals surface area (Å²) in [6, 6.07) is 6.26. The van der Waals surface area contributed by atoms with E-state index in [1.807, 2.05) is 29.3 Å². The number of amides is 1. The number of aromatic amines is 1. The van der Waals surface area contributed by atoms with Crippen molar-refractivity contribution in [3.8, 4) is 0 Å². The van der Waals surface area contributed by atoms with Crippen LogP contribution in [0.5, 0.6) is 0 Å². The lowest BCUT2D eigenvalue weighted by Crippen LogP contribution is -2.50. The zero-order chi connectivity index (χ0) is 22.2. The molecule has 1 aliphatic rings. The molecule has 0 bridgehead atoms. The molecule has 6 nitrogen and oxygen atoms in total. The van der Waals surface area contributed by atoms with E-state index in [0.29, 0.717) is 18.5 Å². The molecule has 3 rings (SSSR count). The number of carbonyl (C=O) groups is 1. The van der Waals surface area contributed by atoms with E-state index in [9.17, 15) is 4.79 Å². The number of H-pyrrole nitrogens is 1. The quantitative estimate of drug-likeness (QED) is 0.418. The minimum Gasteiger partial charge on any atom is -0.361 e. The van der Waals surface area contributed by atoms with Crippen LogP contribution in [0.4, 0.5) is 0 Å². The topological polar surface area (TPSA) is 72.5 Å². The van der Waals surface area contributed by atoms with Gasteiger partial charge in [0.25, 0.3) is 0 Å². The molecule has 0 atom stereocenters. The van der Waals surface area contributed by atoms with Gasteiger partial charge in [-0.25, -0.2) is 0 Å². The second-order valence-corrected chi connectivity index (χ2v) is 8.71. The molecule has 0 saturated carbocycles. The number of carbonyl (C=O) groups excluding carboxylic acids is 1. The standard InChI is InChI=1S/C24H36ClN5O/c1-4-17(5-2)23(31)30-13-10-20(11-14-30)29-24(26-6-3)27-12-9-18-16-28-22-8-7-19(25)15-21(18)22/h7-8,15-17,20,28H,4-6,9-14H2,1-3H3,(H2,26,27,29). The number of fused-ring (bicyclic) bond motifs is 1. The van der Waals surface area contributed by atoms with Crippen molar-refractivity contribution in [2.24, 2.45) is 10.9 Å². The molecule has 1 saturated heterocycles. The van der Waals surface area contributed by atoms with Gasteiger partial charge in [-0.1, -0.05) is 25.4 Å². The predicted octanol–water partition coefficient (Wildman–Crippen LogP) is 4.35. The average Bonchev–Trinajstić information content (AvgIpc) is 3.17. The van der Waals surface area contributed by atoms with Crippen molar-refractivity contribution < 1.29 is 4.79 Å². The number of guanidine groups is 1. The van der Waals surface area contributed by atoms with Crippen molar-refractivity contribution in [2.75, 3.05) is 26.2 Å². The van der Waals surface area contributed by atoms with Crippen molar-refractivity contribution >= 4 is 34.4 Å². The summed E-state index contributed by atoms with van der Waals surface area (Å²) < 4.78 is 0. The largest absolute Gasteiger partial charge is 0.361 e. The monoisotopic (exact) mass is 445 g/mol. The third-order valence-electron chi connectivity index (χ3n) is 6.21. The first-order valence-electron chi connectivity index (χ1n) is 11.6. The highest BCUT2D eigenvalue weighted by atomic mass is 35.5. The molecule has 2 heterocycles. The molecule has 3 N–H and O–H groups in total. The molecule has 1 aliphatic heterocycles. The molecule has 1 fully saturated rings. The summed E-state index contributed by atoms with van der Waals surface area (Å²) in [7, 11) is 0. The van der Waals surface area contributed by atoms with Crippen LogP contribution in [-0.4, -0.2) is 54.0 Å². The first-order chi connectivity index (χ1) is 15.0. The number of aromatic nitrogens is 1. The van der Waals surface area contributed by atoms with Gasteiger partial charge in [-0.05, 0) is 62.8 Å². The van der Waals surface area contributed by atoms with E-state index in [1.54, 1.807) is 0 Å². The van der Waals surface area contributed by atoms with Gasteiger partial charge in [-0.3, -0.25) is 9.79 Å². The normalized spacial score (nSPS) is 15.6. The van der Waals surface area contributed by atoms with Gasteiger partial charge in [0.1, 0.15) is 0 Å². The van der Waals surface area contributed by atoms with Gasteiger partial charge in [0, 0.05) is 60.3 Å². The fraction of sp³-hybridized carbons (Fsp3) is 0.583. The summed E-state index contributed by atoms with van der Waals surface area (Å²) in [5, 5.41) is 8.84. The molecule has 0 unspecified atom stereocenters. The number of halogens is 1. The van der Waals surface area contributed by atoms with Crippen LogP contribution in [0.25, 0.3) is 10.9 Å². The number of rotatable bonds is 8. The highest BCUT2D eigenvalue weighted by Crippen LogP contribution is 2.23. The number of likely N-dealkylation sites (tertiary alicyclic amines) is 1. The van der Waals surface area contributed by atoms with Crippen LogP contribution >= 0.6 is 11.6 Å². The lowest BCUT2D eigenvalue weighted by atomic mass is 9.98. The van der Waals surface area contributed by atoms with E-state index in [1.165, 1.54) is 5.56 Å². The van der Waals surface area contributed by atoms with Crippen molar-refractivity contribution in [3.63, 3.8) is 0 Å². The fourth-order valence-electron chi connectivity index (χ4n) is 4.30. The van der Waals surface area contributed by atoms with E-state index < -0.39 is 0 Å². The Bertz CT molecular complexity index is 881. The highest BCUT2D eigenvalue weighted by Gasteiger charge is 2.26. The Balaban J connectivity index is 1.53. The summed E-state index contributed by atoms with van der Waals surface area (Å²) in [5.74, 6) is 1.34. The SMILES string of the molecule is CCNC(=NCCc1c[nH]c2ccc(Cl)cc12)NC1CCN(C(=O)C(CC)CC)CC1. The van der Waals surface area contributed by atoms with Crippen molar-refractivity contribution in [3.05, 3.63) is 35.0 Å². The van der Waals surface area contributed by atoms with Crippen molar-refractivity contribution in [2.45, 2.75) is 58.9 Å². The van der Waals surface area contributed by atoms with Crippen LogP contribution in [0, 0.1) is 5.92 Å². The van der Waals surface area contributed by atoms with E-state index >= 15 is 0 Å². The summed E-state index contributed by atoms with van der Waals surface area (Å²) in [4.78, 5) is 22.8. The van der Waals surface area contributed by atoms with E-state index in [-0.39, 0.29) is 5.92 Å². The molecule has 1 aromatic heterocycles. The average molecular weight is 446 g/mol. The maximum atomic E-state index is 12.6. The van der Waals surface area contributed by atoms with Gasteiger partial charge < -0.3 is 20.5 Å². The van der Waals surface area contributed by atoms with Crippen LogP contribution in [0.2, 0.25) is 5.02 Å². The van der Waals surface area contributed by atoms with Gasteiger partial charge in [0.2, 0.25) is 5.91 Å². The lowest BCUT2D eigenvalue weighted by molar-refractivity contribution is -0.136. The number of benzene rings is 1. The zero-order valence-corrected chi connectivity index (χ0v) is 19.8. The number of hydrogen-bond donors (Lipinski definition) is 3. The number of aliphatic imine (C=N–C) groups is 1. The van der Waals surface area contributed by atoms with Crippen molar-refractivity contribution in [1.82, 2.24) is 20.5 Å². The van der Waals surface area contributed by atoms with Crippen LogP contribution in [0.15, 0.2) is 29.4 Å². The molecule has 0 spiro atoms. The first-order valence-corrected chi connectivity index (χ1v) is 12.0. The molecule has 0 radical (unpaired) electrons. The Labute approximate surface area is 190 Å².